The molecule has 5 amide bonds. The second-order valence-electron chi connectivity index (χ2n) is 35.2. The molecule has 2 fully saturated rings. The quantitative estimate of drug-likeness (QED) is 0.0922. The molecule has 7 aromatic carbocycles. The number of rotatable bonds is 15. The van der Waals surface area contributed by atoms with Crippen LogP contribution in [0.2, 0.25) is 0 Å². The maximum atomic E-state index is 13.2. The van der Waals surface area contributed by atoms with E-state index < -0.39 is 5.92 Å². The molecular formula is C107H105F2N11O15. The first-order valence-electron chi connectivity index (χ1n) is 44.9. The molecular weight excluding hydrogens is 1720 g/mol. The molecule has 1 aliphatic carbocycles. The predicted molar refractivity (Wildman–Crippen MR) is 516 cm³/mol. The number of fused-ring (bicyclic) bond motifs is 5. The number of carbonyl (C=O) groups excluding carboxylic acids is 5. The van der Waals surface area contributed by atoms with E-state index in [0.29, 0.717) is 89.2 Å². The second-order valence-corrected chi connectivity index (χ2v) is 35.2. The van der Waals surface area contributed by atoms with Gasteiger partial charge in [-0.25, -0.2) is 8.78 Å². The zero-order valence-electron chi connectivity index (χ0n) is 77.0. The van der Waals surface area contributed by atoms with Gasteiger partial charge in [-0.1, -0.05) is 103 Å². The molecule has 13 aromatic rings. The van der Waals surface area contributed by atoms with Crippen LogP contribution >= 0.6 is 0 Å². The van der Waals surface area contributed by atoms with E-state index in [1.807, 2.05) is 200 Å². The monoisotopic (exact) mass is 1820 g/mol. The Kier molecular flexibility index (Phi) is 27.6. The lowest BCUT2D eigenvalue weighted by Gasteiger charge is -2.39. The smallest absolute Gasteiger partial charge is 0.265 e. The molecule has 7 aliphatic rings. The van der Waals surface area contributed by atoms with Gasteiger partial charge >= 0.3 is 0 Å². The lowest BCUT2D eigenvalue weighted by molar-refractivity contribution is -0.125. The van der Waals surface area contributed by atoms with Gasteiger partial charge in [0, 0.05) is 138 Å². The van der Waals surface area contributed by atoms with Crippen LogP contribution in [0, 0.1) is 40.5 Å². The Balaban J connectivity index is 0.000000123. The molecule has 20 rings (SSSR count). The number of ether oxygens (including phenoxy) is 5. The molecule has 1 atom stereocenters. The number of anilines is 5. The van der Waals surface area contributed by atoms with Gasteiger partial charge in [0.05, 0.1) is 60.7 Å². The number of hydrogen-bond donors (Lipinski definition) is 0. The third kappa shape index (κ3) is 21.2. The van der Waals surface area contributed by atoms with Crippen LogP contribution in [0.15, 0.2) is 261 Å². The Labute approximate surface area is 779 Å². The highest BCUT2D eigenvalue weighted by Gasteiger charge is 2.47. The minimum Gasteiger partial charge on any atom is -0.482 e. The van der Waals surface area contributed by atoms with Gasteiger partial charge in [-0.3, -0.25) is 57.8 Å². The van der Waals surface area contributed by atoms with Gasteiger partial charge in [0.1, 0.15) is 23.0 Å². The minimum atomic E-state index is -2.61. The SMILES string of the molecule is Cc1cc(-c2ccc3c(c2)N(CC2CC(F)(F)C2)C(=O)CO3)cn(C)c1=O.Cc1cc(-c2ccc3c(c2)N(CC2CCCCO2)C(=O)CC3)cn(C)c1=O.Cc1cc(-c2ccc3c(c2)N(Cc2ccccc2)C(=O)CO3)cn(C)c1=O.Cc1cc(-c2ccc3c(c2)N(Cc2ccccn2)C(=O)CO3)cn(C)c1=O.Cc1cc(-c2ccc3c(c2)OCC(=O)N3Cc2ccccc2)cn(C)c1=O. The summed E-state index contributed by atoms with van der Waals surface area (Å²) < 4.78 is 62.5. The minimum absolute atomic E-state index is 0.00686. The number of benzene rings is 7. The fourth-order valence-electron chi connectivity index (χ4n) is 17.9. The van der Waals surface area contributed by atoms with Gasteiger partial charge in [-0.05, 0) is 236 Å². The van der Waals surface area contributed by atoms with Crippen molar-refractivity contribution in [3.05, 3.63) is 339 Å². The van der Waals surface area contributed by atoms with Crippen LogP contribution in [0.4, 0.5) is 37.2 Å². The van der Waals surface area contributed by atoms with E-state index >= 15 is 0 Å². The molecule has 6 aliphatic heterocycles. The number of aryl methyl sites for hydroxylation is 11. The standard InChI is InChI=1S/C22H26N2O3.2C22H20N2O3.C21H19N3O3.C20H20F2N2O3/c1-15-11-18(13-23(2)22(15)26)17-7-6-16-8-9-21(25)24(20(16)12-17)14-19-5-3-4-10-27-19;1-15-10-18(13-23(2)22(15)26)17-8-9-20-19(11-17)24(21(25)14-27-20)12-16-6-4-3-5-7-16;1-15-10-18(13-23(2)22(15)26)17-8-9-19-20(11-17)27-14-21(25)24(19)12-16-6-4-3-5-7-16;1-14-9-16(11-23(2)21(14)26)15-6-7-19-18(10-15)24(20(25)13-27-19)12-17-5-3-4-8-22-17;1-12-5-15(10-23(2)19(12)26)14-3-4-17-16(6-14)24(18(25)11-27-17)9-13-7-20(21,22)8-13/h6-7,11-13,19H,3-5,8-10,14H2,1-2H3;2*3-11,13H,12,14H2,1-2H3;3-11H,12-13H2,1-2H3;3-6,10,13H,7-9,11H2,1-2H3. The number of aromatic nitrogens is 6. The van der Waals surface area contributed by atoms with Crippen molar-refractivity contribution in [2.75, 3.05) is 70.6 Å². The number of carbonyl (C=O) groups is 5. The summed E-state index contributed by atoms with van der Waals surface area (Å²) in [6.45, 7) is 12.0. The fraction of sp³-hybridized carbons (Fsp3) is 0.280. The number of halogens is 2. The number of alkyl halides is 2. The van der Waals surface area contributed by atoms with Crippen molar-refractivity contribution in [2.45, 2.75) is 111 Å². The van der Waals surface area contributed by atoms with Crippen LogP contribution in [-0.2, 0) is 90.0 Å². The predicted octanol–water partition coefficient (Wildman–Crippen LogP) is 15.6. The first-order chi connectivity index (χ1) is 64.8. The summed E-state index contributed by atoms with van der Waals surface area (Å²) >= 11 is 0. The Morgan fingerprint density at radius 3 is 1.10 bits per heavy atom. The first kappa shape index (κ1) is 93.1. The molecule has 1 saturated heterocycles. The third-order valence-electron chi connectivity index (χ3n) is 25.1. The molecule has 692 valence electrons. The molecule has 1 saturated carbocycles. The third-order valence-corrected chi connectivity index (χ3v) is 25.1. The van der Waals surface area contributed by atoms with E-state index in [2.05, 4.69) is 23.2 Å². The normalized spacial score (nSPS) is 15.7. The number of amides is 5. The van der Waals surface area contributed by atoms with Gasteiger partial charge < -0.3 is 66.1 Å². The maximum Gasteiger partial charge on any atom is 0.265 e. The van der Waals surface area contributed by atoms with Crippen molar-refractivity contribution in [3.63, 3.8) is 0 Å². The Morgan fingerprint density at radius 1 is 0.341 bits per heavy atom. The van der Waals surface area contributed by atoms with E-state index in [1.54, 1.807) is 132 Å². The van der Waals surface area contributed by atoms with Gasteiger partial charge in [0.15, 0.2) is 26.4 Å². The Morgan fingerprint density at radius 2 is 0.704 bits per heavy atom. The number of pyridine rings is 6. The zero-order chi connectivity index (χ0) is 95.2. The van der Waals surface area contributed by atoms with E-state index in [4.69, 9.17) is 23.7 Å². The highest BCUT2D eigenvalue weighted by atomic mass is 19.3. The summed E-state index contributed by atoms with van der Waals surface area (Å²) in [6.07, 6.45) is 15.1. The largest absolute Gasteiger partial charge is 0.482 e. The average molecular weight is 1820 g/mol. The molecule has 26 nitrogen and oxygen atoms in total. The topological polar surface area (TPSA) is 271 Å². The van der Waals surface area contributed by atoms with Crippen molar-refractivity contribution < 1.29 is 56.4 Å². The summed E-state index contributed by atoms with van der Waals surface area (Å²) in [5.41, 5.74) is 20.5. The van der Waals surface area contributed by atoms with E-state index in [1.165, 1.54) is 10.1 Å². The molecule has 28 heteroatoms. The fourth-order valence-corrected chi connectivity index (χ4v) is 17.9. The highest BCUT2D eigenvalue weighted by Crippen LogP contribution is 2.46. The second kappa shape index (κ2) is 40.1. The summed E-state index contributed by atoms with van der Waals surface area (Å²) in [5.74, 6) is -0.529. The van der Waals surface area contributed by atoms with Crippen LogP contribution in [0.25, 0.3) is 55.6 Å². The summed E-state index contributed by atoms with van der Waals surface area (Å²) in [5, 5.41) is 0. The lowest BCUT2D eigenvalue weighted by atomic mass is 9.81. The van der Waals surface area contributed by atoms with E-state index in [9.17, 15) is 56.7 Å². The summed E-state index contributed by atoms with van der Waals surface area (Å²) in [7, 11) is 8.68. The highest BCUT2D eigenvalue weighted by molar-refractivity contribution is 6.02. The van der Waals surface area contributed by atoms with Crippen molar-refractivity contribution >= 4 is 58.0 Å². The lowest BCUT2D eigenvalue weighted by Crippen LogP contribution is -2.47. The van der Waals surface area contributed by atoms with Gasteiger partial charge in [0.2, 0.25) is 11.8 Å². The van der Waals surface area contributed by atoms with Crippen LogP contribution in [0.3, 0.4) is 0 Å². The summed E-state index contributed by atoms with van der Waals surface area (Å²) in [4.78, 5) is 135. The number of hydrogen-bond acceptors (Lipinski definition) is 16. The number of nitrogens with zero attached hydrogens (tertiary/aromatic N) is 11. The van der Waals surface area contributed by atoms with Crippen molar-refractivity contribution in [3.8, 4) is 78.6 Å². The molecule has 1 unspecified atom stereocenters. The maximum absolute atomic E-state index is 13.2. The van der Waals surface area contributed by atoms with Crippen molar-refractivity contribution in [1.29, 1.82) is 0 Å². The van der Waals surface area contributed by atoms with E-state index in [0.717, 1.165) is 127 Å². The van der Waals surface area contributed by atoms with Gasteiger partial charge in [0.25, 0.3) is 51.4 Å². The van der Waals surface area contributed by atoms with Crippen LogP contribution < -0.4 is 71.2 Å². The van der Waals surface area contributed by atoms with Crippen LogP contribution in [0.5, 0.6) is 23.0 Å². The zero-order valence-corrected chi connectivity index (χ0v) is 77.0. The Bertz CT molecular complexity index is 6750. The molecule has 135 heavy (non-hydrogen) atoms. The van der Waals surface area contributed by atoms with Crippen LogP contribution in [0.1, 0.15) is 88.7 Å². The van der Waals surface area contributed by atoms with Gasteiger partial charge in [-0.15, -0.1) is 0 Å². The Hall–Kier alpha value is -15.2. The first-order valence-corrected chi connectivity index (χ1v) is 44.9. The van der Waals surface area contributed by atoms with Crippen molar-refractivity contribution in [2.24, 2.45) is 41.2 Å². The van der Waals surface area contributed by atoms with Crippen molar-refractivity contribution in [1.82, 2.24) is 27.8 Å². The average Bonchev–Trinajstić information content (AvgIpc) is 0.778. The molecule has 0 spiro atoms. The summed E-state index contributed by atoms with van der Waals surface area (Å²) in [6, 6.07) is 63.8. The van der Waals surface area contributed by atoms with Crippen LogP contribution in [-0.4, -0.2) is 116 Å². The molecule has 0 bridgehead atoms. The molecule has 0 radical (unpaired) electrons. The van der Waals surface area contributed by atoms with Gasteiger partial charge in [-0.2, -0.15) is 0 Å². The van der Waals surface area contributed by atoms with E-state index in [-0.39, 0.29) is 115 Å². The molecule has 6 aromatic heterocycles. The molecule has 0 N–H and O–H groups in total. The molecule has 12 heterocycles.